The third-order valence-electron chi connectivity index (χ3n) is 2.37. The van der Waals surface area contributed by atoms with Gasteiger partial charge in [0.15, 0.2) is 0 Å². The monoisotopic (exact) mass is 224 g/mol. The molecule has 0 aliphatic heterocycles. The Bertz CT molecular complexity index is 281. The molecule has 0 unspecified atom stereocenters. The molecule has 0 atom stereocenters. The fraction of sp³-hybridized carbons (Fsp3) is 0.692. The highest BCUT2D eigenvalue weighted by Gasteiger charge is 1.97. The van der Waals surface area contributed by atoms with Crippen molar-refractivity contribution in [3.05, 3.63) is 24.0 Å². The van der Waals surface area contributed by atoms with Crippen LogP contribution in [0.5, 0.6) is 0 Å². The Balaban J connectivity index is 2.22. The highest BCUT2D eigenvalue weighted by atomic mass is 16.5. The normalized spacial score (nSPS) is 11.2. The van der Waals surface area contributed by atoms with Gasteiger partial charge in [0.25, 0.3) is 0 Å². The Hall–Kier alpha value is -0.800. The van der Waals surface area contributed by atoms with Gasteiger partial charge in [-0.3, -0.25) is 0 Å². The molecule has 0 aromatic carbocycles. The molecule has 0 radical (unpaired) electrons. The Morgan fingerprint density at radius 2 is 2.25 bits per heavy atom. The first-order valence-corrected chi connectivity index (χ1v) is 6.19. The zero-order valence-corrected chi connectivity index (χ0v) is 10.7. The van der Waals surface area contributed by atoms with Gasteiger partial charge < -0.3 is 14.6 Å². The number of nitrogens with one attached hydrogen (secondary N) is 1. The smallest absolute Gasteiger partial charge is 0.0648 e. The van der Waals surface area contributed by atoms with Crippen molar-refractivity contribution in [2.75, 3.05) is 13.2 Å². The molecule has 3 nitrogen and oxygen atoms in total. The van der Waals surface area contributed by atoms with Crippen LogP contribution in [0.1, 0.15) is 32.8 Å². The summed E-state index contributed by atoms with van der Waals surface area (Å²) in [5, 5.41) is 3.39. The van der Waals surface area contributed by atoms with Crippen molar-refractivity contribution in [3.63, 3.8) is 0 Å². The van der Waals surface area contributed by atoms with Crippen LogP contribution in [-0.2, 0) is 17.8 Å². The summed E-state index contributed by atoms with van der Waals surface area (Å²) in [6, 6.07) is 2.16. The van der Waals surface area contributed by atoms with Crippen LogP contribution in [0.3, 0.4) is 0 Å². The number of hydrogen-bond donors (Lipinski definition) is 1. The van der Waals surface area contributed by atoms with Crippen LogP contribution in [0.4, 0.5) is 0 Å². The average molecular weight is 224 g/mol. The van der Waals surface area contributed by atoms with Gasteiger partial charge in [-0.1, -0.05) is 6.92 Å². The fourth-order valence-corrected chi connectivity index (χ4v) is 1.54. The molecule has 0 fully saturated rings. The van der Waals surface area contributed by atoms with E-state index in [0.29, 0.717) is 6.10 Å². The zero-order valence-electron chi connectivity index (χ0n) is 10.7. The van der Waals surface area contributed by atoms with Gasteiger partial charge in [-0.05, 0) is 38.4 Å². The molecule has 3 heteroatoms. The fourth-order valence-electron chi connectivity index (χ4n) is 1.54. The van der Waals surface area contributed by atoms with Gasteiger partial charge >= 0.3 is 0 Å². The minimum atomic E-state index is 0.321. The number of nitrogens with zero attached hydrogens (tertiary/aromatic N) is 1. The summed E-state index contributed by atoms with van der Waals surface area (Å²) in [6.07, 6.45) is 5.81. The number of hydrogen-bond acceptors (Lipinski definition) is 2. The summed E-state index contributed by atoms with van der Waals surface area (Å²) in [5.74, 6) is 0. The van der Waals surface area contributed by atoms with Gasteiger partial charge in [0, 0.05) is 25.5 Å². The van der Waals surface area contributed by atoms with Crippen LogP contribution in [0, 0.1) is 0 Å². The van der Waals surface area contributed by atoms with Crippen LogP contribution in [-0.4, -0.2) is 23.8 Å². The van der Waals surface area contributed by atoms with Gasteiger partial charge in [0.2, 0.25) is 0 Å². The van der Waals surface area contributed by atoms with Crippen LogP contribution in [0.2, 0.25) is 0 Å². The third-order valence-corrected chi connectivity index (χ3v) is 2.37. The molecule has 1 heterocycles. The summed E-state index contributed by atoms with van der Waals surface area (Å²) in [5.41, 5.74) is 1.35. The average Bonchev–Trinajstić information content (AvgIpc) is 2.66. The van der Waals surface area contributed by atoms with E-state index in [1.54, 1.807) is 0 Å². The van der Waals surface area contributed by atoms with Crippen molar-refractivity contribution >= 4 is 0 Å². The second kappa shape index (κ2) is 7.47. The van der Waals surface area contributed by atoms with E-state index in [1.165, 1.54) is 12.0 Å². The third kappa shape index (κ3) is 5.33. The molecule has 92 valence electrons. The molecular weight excluding hydrogens is 200 g/mol. The van der Waals surface area contributed by atoms with E-state index in [2.05, 4.69) is 49.1 Å². The van der Waals surface area contributed by atoms with Crippen molar-refractivity contribution < 1.29 is 4.74 Å². The molecule has 1 rings (SSSR count). The molecular formula is C13H24N2O. The molecule has 1 aromatic heterocycles. The predicted octanol–water partition coefficient (Wildman–Crippen LogP) is 2.41. The Labute approximate surface area is 98.8 Å². The summed E-state index contributed by atoms with van der Waals surface area (Å²) < 4.78 is 7.70. The molecule has 0 spiro atoms. The summed E-state index contributed by atoms with van der Waals surface area (Å²) in [4.78, 5) is 0. The summed E-state index contributed by atoms with van der Waals surface area (Å²) in [6.45, 7) is 10.1. The molecule has 1 N–H and O–H groups in total. The van der Waals surface area contributed by atoms with Crippen molar-refractivity contribution in [1.82, 2.24) is 9.88 Å². The maximum absolute atomic E-state index is 5.52. The lowest BCUT2D eigenvalue weighted by molar-refractivity contribution is 0.0728. The lowest BCUT2D eigenvalue weighted by atomic mass is 10.3. The van der Waals surface area contributed by atoms with E-state index in [0.717, 1.165) is 26.2 Å². The topological polar surface area (TPSA) is 26.2 Å². The Morgan fingerprint density at radius 1 is 1.44 bits per heavy atom. The van der Waals surface area contributed by atoms with Gasteiger partial charge in [0.1, 0.15) is 0 Å². The molecule has 0 aliphatic rings. The van der Waals surface area contributed by atoms with E-state index >= 15 is 0 Å². The van der Waals surface area contributed by atoms with Crippen LogP contribution in [0.25, 0.3) is 0 Å². The van der Waals surface area contributed by atoms with Gasteiger partial charge in [-0.2, -0.15) is 0 Å². The van der Waals surface area contributed by atoms with Crippen molar-refractivity contribution in [2.45, 2.75) is 46.4 Å². The molecule has 1 aromatic rings. The molecule has 0 aliphatic carbocycles. The first kappa shape index (κ1) is 13.3. The van der Waals surface area contributed by atoms with Crippen molar-refractivity contribution in [2.24, 2.45) is 0 Å². The van der Waals surface area contributed by atoms with E-state index in [1.807, 2.05) is 0 Å². The largest absolute Gasteiger partial charge is 0.377 e. The Kier molecular flexibility index (Phi) is 6.19. The van der Waals surface area contributed by atoms with Crippen molar-refractivity contribution in [1.29, 1.82) is 0 Å². The predicted molar refractivity (Wildman–Crippen MR) is 67.5 cm³/mol. The summed E-state index contributed by atoms with van der Waals surface area (Å²) in [7, 11) is 0. The first-order valence-electron chi connectivity index (χ1n) is 6.19. The molecule has 0 saturated carbocycles. The van der Waals surface area contributed by atoms with Gasteiger partial charge in [0.05, 0.1) is 12.7 Å². The minimum absolute atomic E-state index is 0.321. The van der Waals surface area contributed by atoms with Crippen LogP contribution >= 0.6 is 0 Å². The minimum Gasteiger partial charge on any atom is -0.377 e. The molecule has 0 bridgehead atoms. The van der Waals surface area contributed by atoms with Gasteiger partial charge in [-0.15, -0.1) is 0 Å². The van der Waals surface area contributed by atoms with E-state index in [-0.39, 0.29) is 0 Å². The number of rotatable bonds is 8. The van der Waals surface area contributed by atoms with E-state index in [9.17, 15) is 0 Å². The Morgan fingerprint density at radius 3 is 2.94 bits per heavy atom. The molecule has 16 heavy (non-hydrogen) atoms. The standard InChI is InChI=1S/C13H24N2O/c1-4-6-14-10-13-5-7-15(11-13)8-9-16-12(2)3/h5,7,11-12,14H,4,6,8-10H2,1-3H3. The maximum atomic E-state index is 5.52. The first-order chi connectivity index (χ1) is 7.72. The van der Waals surface area contributed by atoms with E-state index in [4.69, 9.17) is 4.74 Å². The highest BCUT2D eigenvalue weighted by Crippen LogP contribution is 2.01. The second-order valence-electron chi connectivity index (χ2n) is 4.35. The lowest BCUT2D eigenvalue weighted by Gasteiger charge is -2.07. The van der Waals surface area contributed by atoms with Crippen LogP contribution < -0.4 is 5.32 Å². The quantitative estimate of drug-likeness (QED) is 0.686. The zero-order chi connectivity index (χ0) is 11.8. The lowest BCUT2D eigenvalue weighted by Crippen LogP contribution is -2.13. The number of aromatic nitrogens is 1. The highest BCUT2D eigenvalue weighted by molar-refractivity contribution is 5.09. The second-order valence-corrected chi connectivity index (χ2v) is 4.35. The molecule has 0 amide bonds. The van der Waals surface area contributed by atoms with Crippen molar-refractivity contribution in [3.8, 4) is 0 Å². The van der Waals surface area contributed by atoms with E-state index < -0.39 is 0 Å². The SMILES string of the molecule is CCCNCc1ccn(CCOC(C)C)c1. The van der Waals surface area contributed by atoms with Gasteiger partial charge in [-0.25, -0.2) is 0 Å². The van der Waals surface area contributed by atoms with Crippen LogP contribution in [0.15, 0.2) is 18.5 Å². The summed E-state index contributed by atoms with van der Waals surface area (Å²) >= 11 is 0. The molecule has 0 saturated heterocycles. The number of ether oxygens (including phenoxy) is 1. The maximum Gasteiger partial charge on any atom is 0.0648 e.